The molecule has 2 heterocycles. The molecule has 0 aliphatic carbocycles. The van der Waals surface area contributed by atoms with E-state index in [9.17, 15) is 4.79 Å². The van der Waals surface area contributed by atoms with Gasteiger partial charge in [-0.1, -0.05) is 23.3 Å². The van der Waals surface area contributed by atoms with E-state index in [-0.39, 0.29) is 5.91 Å². The third-order valence-corrected chi connectivity index (χ3v) is 4.55. The van der Waals surface area contributed by atoms with Gasteiger partial charge in [-0.25, -0.2) is 4.68 Å². The first-order chi connectivity index (χ1) is 10.2. The molecule has 0 spiro atoms. The Morgan fingerprint density at radius 2 is 2.33 bits per heavy atom. The predicted molar refractivity (Wildman–Crippen MR) is 82.4 cm³/mol. The minimum Gasteiger partial charge on any atom is -0.289 e. The molecule has 1 aliphatic heterocycles. The highest BCUT2D eigenvalue weighted by atomic mass is 32.2. The Balaban J connectivity index is 1.90. The van der Waals surface area contributed by atoms with E-state index in [1.54, 1.807) is 16.4 Å². The van der Waals surface area contributed by atoms with Gasteiger partial charge >= 0.3 is 0 Å². The van der Waals surface area contributed by atoms with Crippen molar-refractivity contribution in [3.8, 4) is 0 Å². The molecule has 0 fully saturated rings. The number of amides is 1. The molecule has 0 unspecified atom stereocenters. The van der Waals surface area contributed by atoms with Crippen molar-refractivity contribution in [2.45, 2.75) is 25.3 Å². The SMILES string of the molecule is CCn1nnnc1NC(=O)c1ccc2c(c1C)SCC=C2. The van der Waals surface area contributed by atoms with Crippen LogP contribution in [0.5, 0.6) is 0 Å². The van der Waals surface area contributed by atoms with Crippen LogP contribution in [0.4, 0.5) is 5.95 Å². The maximum Gasteiger partial charge on any atom is 0.258 e. The molecular weight excluding hydrogens is 286 g/mol. The standard InChI is InChI=1S/C14H15N5OS/c1-3-19-14(16-17-18-19)15-13(20)11-7-6-10-5-4-8-21-12(10)9(11)2/h4-7H,3,8H2,1-2H3,(H,15,16,18,20). The minimum atomic E-state index is -0.185. The Bertz CT molecular complexity index is 722. The van der Waals surface area contributed by atoms with Crippen LogP contribution in [0.25, 0.3) is 6.08 Å². The number of carbonyl (C=O) groups is 1. The van der Waals surface area contributed by atoms with Crippen molar-refractivity contribution >= 4 is 29.7 Å². The van der Waals surface area contributed by atoms with Crippen molar-refractivity contribution in [1.29, 1.82) is 0 Å². The predicted octanol–water partition coefficient (Wildman–Crippen LogP) is 2.37. The molecule has 1 amide bonds. The van der Waals surface area contributed by atoms with Gasteiger partial charge in [0.05, 0.1) is 0 Å². The second-order valence-corrected chi connectivity index (χ2v) is 5.67. The minimum absolute atomic E-state index is 0.185. The number of nitrogens with one attached hydrogen (secondary N) is 1. The summed E-state index contributed by atoms with van der Waals surface area (Å²) in [7, 11) is 0. The van der Waals surface area contributed by atoms with Crippen molar-refractivity contribution in [1.82, 2.24) is 20.2 Å². The lowest BCUT2D eigenvalue weighted by molar-refractivity contribution is 0.102. The van der Waals surface area contributed by atoms with Crippen LogP contribution in [-0.4, -0.2) is 31.9 Å². The molecule has 1 aromatic heterocycles. The van der Waals surface area contributed by atoms with E-state index in [4.69, 9.17) is 0 Å². The van der Waals surface area contributed by atoms with Crippen molar-refractivity contribution in [3.63, 3.8) is 0 Å². The van der Waals surface area contributed by atoms with Gasteiger partial charge in [-0.2, -0.15) is 0 Å². The number of thioether (sulfide) groups is 1. The van der Waals surface area contributed by atoms with Crippen molar-refractivity contribution < 1.29 is 4.79 Å². The molecule has 0 bridgehead atoms. The molecule has 0 saturated heterocycles. The second-order valence-electron chi connectivity index (χ2n) is 4.64. The van der Waals surface area contributed by atoms with Crippen LogP contribution in [0.3, 0.4) is 0 Å². The van der Waals surface area contributed by atoms with Gasteiger partial charge < -0.3 is 0 Å². The number of nitrogens with zero attached hydrogens (tertiary/aromatic N) is 4. The maximum atomic E-state index is 12.4. The van der Waals surface area contributed by atoms with Gasteiger partial charge in [-0.15, -0.1) is 11.8 Å². The van der Waals surface area contributed by atoms with Gasteiger partial charge in [0.2, 0.25) is 5.95 Å². The Labute approximate surface area is 126 Å². The van der Waals surface area contributed by atoms with Crippen LogP contribution >= 0.6 is 11.8 Å². The first kappa shape index (κ1) is 13.8. The third-order valence-electron chi connectivity index (χ3n) is 3.36. The summed E-state index contributed by atoms with van der Waals surface area (Å²) < 4.78 is 1.54. The summed E-state index contributed by atoms with van der Waals surface area (Å²) in [4.78, 5) is 13.6. The highest BCUT2D eigenvalue weighted by Crippen LogP contribution is 2.33. The van der Waals surface area contributed by atoms with E-state index in [2.05, 4.69) is 33.0 Å². The van der Waals surface area contributed by atoms with Gasteiger partial charge in [0.15, 0.2) is 0 Å². The number of anilines is 1. The number of hydrogen-bond donors (Lipinski definition) is 1. The molecule has 0 saturated carbocycles. The Morgan fingerprint density at radius 1 is 1.48 bits per heavy atom. The third kappa shape index (κ3) is 2.56. The highest BCUT2D eigenvalue weighted by molar-refractivity contribution is 7.99. The van der Waals surface area contributed by atoms with E-state index in [0.29, 0.717) is 18.1 Å². The lowest BCUT2D eigenvalue weighted by atomic mass is 10.0. The Kier molecular flexibility index (Phi) is 3.74. The second kappa shape index (κ2) is 5.69. The molecule has 7 heteroatoms. The zero-order valence-electron chi connectivity index (χ0n) is 11.8. The lowest BCUT2D eigenvalue weighted by Gasteiger charge is -2.16. The van der Waals surface area contributed by atoms with Crippen LogP contribution in [0, 0.1) is 6.92 Å². The summed E-state index contributed by atoms with van der Waals surface area (Å²) in [5, 5.41) is 14.0. The quantitative estimate of drug-likeness (QED) is 0.942. The summed E-state index contributed by atoms with van der Waals surface area (Å²) in [6.45, 7) is 4.49. The van der Waals surface area contributed by atoms with Gasteiger partial charge in [0, 0.05) is 22.8 Å². The number of carbonyl (C=O) groups excluding carboxylic acids is 1. The smallest absolute Gasteiger partial charge is 0.258 e. The molecule has 2 aromatic rings. The molecule has 0 atom stereocenters. The van der Waals surface area contributed by atoms with Crippen LogP contribution in [0.1, 0.15) is 28.4 Å². The van der Waals surface area contributed by atoms with E-state index >= 15 is 0 Å². The first-order valence-corrected chi connectivity index (χ1v) is 7.69. The first-order valence-electron chi connectivity index (χ1n) is 6.71. The number of aryl methyl sites for hydroxylation is 1. The fourth-order valence-electron chi connectivity index (χ4n) is 2.26. The van der Waals surface area contributed by atoms with Crippen LogP contribution in [-0.2, 0) is 6.54 Å². The number of aromatic nitrogens is 4. The molecule has 1 aliphatic rings. The van der Waals surface area contributed by atoms with Crippen LogP contribution in [0.15, 0.2) is 23.1 Å². The van der Waals surface area contributed by atoms with E-state index < -0.39 is 0 Å². The van der Waals surface area contributed by atoms with Gasteiger partial charge in [-0.05, 0) is 41.5 Å². The van der Waals surface area contributed by atoms with E-state index in [1.807, 2.05) is 26.0 Å². The molecule has 108 valence electrons. The summed E-state index contributed by atoms with van der Waals surface area (Å²) in [6.07, 6.45) is 4.22. The fraction of sp³-hybridized carbons (Fsp3) is 0.286. The summed E-state index contributed by atoms with van der Waals surface area (Å²) in [5.74, 6) is 1.12. The zero-order chi connectivity index (χ0) is 14.8. The molecule has 3 rings (SSSR count). The normalized spacial score (nSPS) is 13.0. The van der Waals surface area contributed by atoms with E-state index in [0.717, 1.165) is 11.3 Å². The average molecular weight is 301 g/mol. The molecule has 1 N–H and O–H groups in total. The summed E-state index contributed by atoms with van der Waals surface area (Å²) >= 11 is 1.75. The van der Waals surface area contributed by atoms with Gasteiger partial charge in [-0.3, -0.25) is 10.1 Å². The topological polar surface area (TPSA) is 72.7 Å². The number of fused-ring (bicyclic) bond motifs is 1. The van der Waals surface area contributed by atoms with Crippen LogP contribution in [0.2, 0.25) is 0 Å². The summed E-state index contributed by atoms with van der Waals surface area (Å²) in [6, 6.07) is 3.82. The Morgan fingerprint density at radius 3 is 3.14 bits per heavy atom. The monoisotopic (exact) mass is 301 g/mol. The number of rotatable bonds is 3. The number of benzene rings is 1. The van der Waals surface area contributed by atoms with Crippen molar-refractivity contribution in [2.75, 3.05) is 11.1 Å². The largest absolute Gasteiger partial charge is 0.289 e. The van der Waals surface area contributed by atoms with Gasteiger partial charge in [0.25, 0.3) is 5.91 Å². The molecular formula is C14H15N5OS. The zero-order valence-corrected chi connectivity index (χ0v) is 12.6. The molecule has 1 aromatic carbocycles. The number of hydrogen-bond acceptors (Lipinski definition) is 5. The van der Waals surface area contributed by atoms with Crippen molar-refractivity contribution in [2.24, 2.45) is 0 Å². The maximum absolute atomic E-state index is 12.4. The molecule has 6 nitrogen and oxygen atoms in total. The fourth-order valence-corrected chi connectivity index (χ4v) is 3.25. The molecule has 0 radical (unpaired) electrons. The lowest BCUT2D eigenvalue weighted by Crippen LogP contribution is -2.18. The average Bonchev–Trinajstić information content (AvgIpc) is 2.95. The summed E-state index contributed by atoms with van der Waals surface area (Å²) in [5.41, 5.74) is 2.82. The van der Waals surface area contributed by atoms with Crippen molar-refractivity contribution in [3.05, 3.63) is 34.9 Å². The van der Waals surface area contributed by atoms with E-state index in [1.165, 1.54) is 10.5 Å². The number of tetrazole rings is 1. The van der Waals surface area contributed by atoms with Gasteiger partial charge in [0.1, 0.15) is 0 Å². The Hall–Kier alpha value is -2.15. The van der Waals surface area contributed by atoms with Crippen LogP contribution < -0.4 is 5.32 Å². The highest BCUT2D eigenvalue weighted by Gasteiger charge is 2.17. The molecule has 21 heavy (non-hydrogen) atoms.